The number of carbonyl (C=O) groups is 1. The van der Waals surface area contributed by atoms with E-state index in [2.05, 4.69) is 16.9 Å². The number of ether oxygens (including phenoxy) is 1. The third-order valence-electron chi connectivity index (χ3n) is 3.57. The summed E-state index contributed by atoms with van der Waals surface area (Å²) in [6, 6.07) is 7.97. The Morgan fingerprint density at radius 1 is 1.43 bits per heavy atom. The molecule has 0 amide bonds. The molecule has 0 spiro atoms. The first kappa shape index (κ1) is 16.2. The van der Waals surface area contributed by atoms with Gasteiger partial charge >= 0.3 is 5.97 Å². The molecule has 1 aromatic heterocycles. The molecule has 21 heavy (non-hydrogen) atoms. The van der Waals surface area contributed by atoms with Crippen LogP contribution < -0.4 is 0 Å². The van der Waals surface area contributed by atoms with Crippen LogP contribution in [0.1, 0.15) is 26.2 Å². The van der Waals surface area contributed by atoms with Gasteiger partial charge in [0.2, 0.25) is 0 Å². The molecule has 1 aromatic carbocycles. The lowest BCUT2D eigenvalue weighted by atomic mass is 10.0. The first-order chi connectivity index (χ1) is 9.76. The molecule has 0 bridgehead atoms. The van der Waals surface area contributed by atoms with Crippen molar-refractivity contribution in [1.82, 2.24) is 9.97 Å². The van der Waals surface area contributed by atoms with Crippen LogP contribution in [-0.4, -0.2) is 27.8 Å². The number of carbonyl (C=O) groups excluding carboxylic acids is 1. The Kier molecular flexibility index (Phi) is 5.53. The van der Waals surface area contributed by atoms with Crippen molar-refractivity contribution in [3.63, 3.8) is 0 Å². The summed E-state index contributed by atoms with van der Waals surface area (Å²) in [5, 5.41) is 0.890. The van der Waals surface area contributed by atoms with Gasteiger partial charge in [0.05, 0.1) is 17.0 Å². The van der Waals surface area contributed by atoms with Crippen molar-refractivity contribution in [2.24, 2.45) is 5.92 Å². The molecule has 1 aliphatic heterocycles. The lowest BCUT2D eigenvalue weighted by molar-refractivity contribution is -0.143. The number of imidazole rings is 1. The molecule has 2 atom stereocenters. The number of benzene rings is 1. The highest BCUT2D eigenvalue weighted by Crippen LogP contribution is 2.29. The molecule has 0 aliphatic carbocycles. The van der Waals surface area contributed by atoms with Gasteiger partial charge in [-0.05, 0) is 25.0 Å². The molecule has 1 fully saturated rings. The quantitative estimate of drug-likeness (QED) is 0.670. The fourth-order valence-corrected chi connectivity index (χ4v) is 3.47. The number of thioether (sulfide) groups is 1. The number of aromatic nitrogens is 2. The van der Waals surface area contributed by atoms with Crippen molar-refractivity contribution in [2.45, 2.75) is 37.4 Å². The second-order valence-electron chi connectivity index (χ2n) is 5.15. The lowest BCUT2D eigenvalue weighted by Crippen LogP contribution is -2.09. The number of hydrogen-bond acceptors (Lipinski definition) is 4. The van der Waals surface area contributed by atoms with E-state index in [4.69, 9.17) is 4.74 Å². The molecular formula is C15H19ClN2O2S. The first-order valence-corrected chi connectivity index (χ1v) is 8.03. The van der Waals surface area contributed by atoms with Crippen LogP contribution >= 0.6 is 24.2 Å². The van der Waals surface area contributed by atoms with E-state index in [0.717, 1.165) is 41.2 Å². The van der Waals surface area contributed by atoms with Gasteiger partial charge in [0.1, 0.15) is 6.10 Å². The molecule has 3 rings (SSSR count). The zero-order valence-corrected chi connectivity index (χ0v) is 13.5. The molecule has 4 nitrogen and oxygen atoms in total. The molecule has 114 valence electrons. The van der Waals surface area contributed by atoms with Gasteiger partial charge < -0.3 is 9.72 Å². The predicted molar refractivity (Wildman–Crippen MR) is 87.0 cm³/mol. The third-order valence-corrected chi connectivity index (χ3v) is 4.58. The summed E-state index contributed by atoms with van der Waals surface area (Å²) in [5.74, 6) is 0.842. The second-order valence-corrected chi connectivity index (χ2v) is 6.16. The molecule has 0 saturated carbocycles. The van der Waals surface area contributed by atoms with Gasteiger partial charge in [-0.25, -0.2) is 4.98 Å². The Hall–Kier alpha value is -1.20. The average molecular weight is 327 g/mol. The highest BCUT2D eigenvalue weighted by Gasteiger charge is 2.33. The Bertz CT molecular complexity index is 583. The van der Waals surface area contributed by atoms with E-state index < -0.39 is 0 Å². The van der Waals surface area contributed by atoms with Crippen LogP contribution in [0.25, 0.3) is 11.0 Å². The molecule has 0 radical (unpaired) electrons. The predicted octanol–water partition coefficient (Wildman–Crippen LogP) is 3.81. The van der Waals surface area contributed by atoms with Crippen LogP contribution in [0.4, 0.5) is 0 Å². The number of halogens is 1. The number of esters is 1. The molecule has 6 heteroatoms. The van der Waals surface area contributed by atoms with Gasteiger partial charge in [-0.15, -0.1) is 12.4 Å². The summed E-state index contributed by atoms with van der Waals surface area (Å²) in [7, 11) is 0. The van der Waals surface area contributed by atoms with Crippen LogP contribution in [0.15, 0.2) is 29.4 Å². The normalized spacial score (nSPS) is 21.3. The summed E-state index contributed by atoms with van der Waals surface area (Å²) in [6.45, 7) is 2.10. The first-order valence-electron chi connectivity index (χ1n) is 7.04. The van der Waals surface area contributed by atoms with Crippen LogP contribution in [0.2, 0.25) is 0 Å². The van der Waals surface area contributed by atoms with Crippen LogP contribution in [0, 0.1) is 5.92 Å². The van der Waals surface area contributed by atoms with E-state index in [9.17, 15) is 4.79 Å². The minimum Gasteiger partial charge on any atom is -0.461 e. The maximum Gasteiger partial charge on any atom is 0.309 e. The SMILES string of the molecule is CCCC1CC(CSc2nc3ccccc3[nH]2)OC1=O.Cl. The minimum absolute atomic E-state index is 0. The number of nitrogens with zero attached hydrogens (tertiary/aromatic N) is 1. The molecule has 1 saturated heterocycles. The Morgan fingerprint density at radius 3 is 3.00 bits per heavy atom. The van der Waals surface area contributed by atoms with Gasteiger partial charge in [0.15, 0.2) is 5.16 Å². The Morgan fingerprint density at radius 2 is 2.24 bits per heavy atom. The summed E-state index contributed by atoms with van der Waals surface area (Å²) in [4.78, 5) is 19.5. The number of para-hydroxylation sites is 2. The molecule has 1 aliphatic rings. The van der Waals surface area contributed by atoms with Crippen molar-refractivity contribution in [1.29, 1.82) is 0 Å². The van der Waals surface area contributed by atoms with E-state index in [1.54, 1.807) is 11.8 Å². The number of H-pyrrole nitrogens is 1. The molecule has 2 unspecified atom stereocenters. The molecular weight excluding hydrogens is 308 g/mol. The van der Waals surface area contributed by atoms with E-state index >= 15 is 0 Å². The van der Waals surface area contributed by atoms with E-state index in [0.29, 0.717) is 0 Å². The Balaban J connectivity index is 0.00000161. The monoisotopic (exact) mass is 326 g/mol. The average Bonchev–Trinajstić information content (AvgIpc) is 3.00. The van der Waals surface area contributed by atoms with Gasteiger partial charge in [-0.3, -0.25) is 4.79 Å². The van der Waals surface area contributed by atoms with Gasteiger partial charge in [-0.1, -0.05) is 37.2 Å². The second kappa shape index (κ2) is 7.18. The number of fused-ring (bicyclic) bond motifs is 1. The number of hydrogen-bond donors (Lipinski definition) is 1. The molecule has 1 N–H and O–H groups in total. The maximum atomic E-state index is 11.7. The van der Waals surface area contributed by atoms with Crippen LogP contribution in [0.3, 0.4) is 0 Å². The number of aromatic amines is 1. The van der Waals surface area contributed by atoms with E-state index in [1.165, 1.54) is 0 Å². The van der Waals surface area contributed by atoms with Crippen LogP contribution in [0.5, 0.6) is 0 Å². The summed E-state index contributed by atoms with van der Waals surface area (Å²) in [5.41, 5.74) is 2.02. The van der Waals surface area contributed by atoms with Crippen LogP contribution in [-0.2, 0) is 9.53 Å². The summed E-state index contributed by atoms with van der Waals surface area (Å²) in [6.07, 6.45) is 2.84. The highest BCUT2D eigenvalue weighted by molar-refractivity contribution is 7.99. The van der Waals surface area contributed by atoms with Gasteiger partial charge in [-0.2, -0.15) is 0 Å². The van der Waals surface area contributed by atoms with Gasteiger partial charge in [0, 0.05) is 5.75 Å². The third kappa shape index (κ3) is 3.71. The fraction of sp³-hybridized carbons (Fsp3) is 0.467. The topological polar surface area (TPSA) is 55.0 Å². The van der Waals surface area contributed by atoms with Crippen molar-refractivity contribution in [3.05, 3.63) is 24.3 Å². The van der Waals surface area contributed by atoms with E-state index in [-0.39, 0.29) is 30.4 Å². The van der Waals surface area contributed by atoms with Crippen molar-refractivity contribution >= 4 is 41.2 Å². The summed E-state index contributed by atoms with van der Waals surface area (Å²) >= 11 is 1.62. The lowest BCUT2D eigenvalue weighted by Gasteiger charge is -2.06. The van der Waals surface area contributed by atoms with E-state index in [1.807, 2.05) is 24.3 Å². The Labute approximate surface area is 134 Å². The standard InChI is InChI=1S/C15H18N2O2S.ClH/c1-2-5-10-8-11(19-14(10)18)9-20-15-16-12-6-3-4-7-13(12)17-15;/h3-4,6-7,10-11H,2,5,8-9H2,1H3,(H,16,17);1H. The number of cyclic esters (lactones) is 1. The maximum absolute atomic E-state index is 11.7. The van der Waals surface area contributed by atoms with Gasteiger partial charge in [0.25, 0.3) is 0 Å². The number of nitrogens with one attached hydrogen (secondary N) is 1. The minimum atomic E-state index is -0.0259. The largest absolute Gasteiger partial charge is 0.461 e. The van der Waals surface area contributed by atoms with Crippen molar-refractivity contribution in [2.75, 3.05) is 5.75 Å². The smallest absolute Gasteiger partial charge is 0.309 e. The fourth-order valence-electron chi connectivity index (χ4n) is 2.58. The highest BCUT2D eigenvalue weighted by atomic mass is 35.5. The van der Waals surface area contributed by atoms with Crippen molar-refractivity contribution < 1.29 is 9.53 Å². The zero-order chi connectivity index (χ0) is 13.9. The zero-order valence-electron chi connectivity index (χ0n) is 11.9. The molecule has 2 aromatic rings. The number of rotatable bonds is 5. The van der Waals surface area contributed by atoms with Crippen molar-refractivity contribution in [3.8, 4) is 0 Å². The summed E-state index contributed by atoms with van der Waals surface area (Å²) < 4.78 is 5.42. The molecule has 2 heterocycles.